The number of aromatic carboxylic acids is 1. The molecule has 1 amide bonds. The summed E-state index contributed by atoms with van der Waals surface area (Å²) in [5.74, 6) is -0.621. The van der Waals surface area contributed by atoms with Crippen molar-refractivity contribution in [3.8, 4) is 0 Å². The summed E-state index contributed by atoms with van der Waals surface area (Å²) in [5.41, 5.74) is 2.16. The molecule has 0 saturated heterocycles. The number of anilines is 1. The summed E-state index contributed by atoms with van der Waals surface area (Å²) < 4.78 is 46.1. The summed E-state index contributed by atoms with van der Waals surface area (Å²) in [5, 5.41) is 25.8. The molecule has 15 nitrogen and oxygen atoms in total. The number of hydrogen-bond acceptors (Lipinski definition) is 10. The number of primary sulfonamides is 2. The Kier molecular flexibility index (Phi) is 10.1. The average molecular weight is 676 g/mol. The second kappa shape index (κ2) is 13.7. The Morgan fingerprint density at radius 1 is 0.933 bits per heavy atom. The molecular weight excluding hydrogens is 645 g/mol. The van der Waals surface area contributed by atoms with Crippen molar-refractivity contribution in [2.24, 2.45) is 15.3 Å². The maximum Gasteiger partial charge on any atom is 0.391 e. The summed E-state index contributed by atoms with van der Waals surface area (Å²) in [7, 11) is -8.51. The molecule has 0 bridgehead atoms. The Hall–Kier alpha value is -4.49. The van der Waals surface area contributed by atoms with Crippen LogP contribution < -0.4 is 25.7 Å². The van der Waals surface area contributed by atoms with Crippen LogP contribution in [0.3, 0.4) is 0 Å². The van der Waals surface area contributed by atoms with Gasteiger partial charge in [-0.3, -0.25) is 9.78 Å². The van der Waals surface area contributed by atoms with E-state index in [-0.39, 0.29) is 46.0 Å². The van der Waals surface area contributed by atoms with E-state index in [0.29, 0.717) is 33.3 Å². The number of thiazole rings is 1. The van der Waals surface area contributed by atoms with Crippen LogP contribution in [0.2, 0.25) is 0 Å². The Bertz CT molecular complexity index is 2020. The smallest absolute Gasteiger partial charge is 0.391 e. The van der Waals surface area contributed by atoms with Crippen molar-refractivity contribution in [2.75, 3.05) is 5.32 Å². The lowest BCUT2D eigenvalue weighted by Crippen LogP contribution is -2.25. The highest BCUT2D eigenvalue weighted by molar-refractivity contribution is 7.89. The summed E-state index contributed by atoms with van der Waals surface area (Å²) >= 11 is 0. The molecule has 8 N–H and O–H groups in total. The van der Waals surface area contributed by atoms with Gasteiger partial charge >= 0.3 is 10.8 Å². The highest BCUT2D eigenvalue weighted by Gasteiger charge is 2.27. The van der Waals surface area contributed by atoms with Crippen LogP contribution in [0, 0.1) is 6.92 Å². The Labute approximate surface area is 261 Å². The molecule has 0 aliphatic carbocycles. The summed E-state index contributed by atoms with van der Waals surface area (Å²) in [6.07, 6.45) is -0.155. The maximum atomic E-state index is 12.8. The van der Waals surface area contributed by atoms with Crippen molar-refractivity contribution in [2.45, 2.75) is 48.9 Å². The third-order valence-corrected chi connectivity index (χ3v) is 10.4. The fraction of sp³-hybridized carbons (Fsp3) is 0.222. The number of benzene rings is 2. The minimum absolute atomic E-state index is 0.00107. The number of aromatic nitrogens is 3. The van der Waals surface area contributed by atoms with Crippen LogP contribution in [0.1, 0.15) is 39.1 Å². The van der Waals surface area contributed by atoms with Gasteiger partial charge in [-0.15, -0.1) is 4.99 Å². The van der Waals surface area contributed by atoms with E-state index >= 15 is 0 Å². The Balaban J connectivity index is 1.60. The van der Waals surface area contributed by atoms with Gasteiger partial charge in [0.15, 0.2) is 0 Å². The van der Waals surface area contributed by atoms with Gasteiger partial charge in [0.25, 0.3) is 10.8 Å². The van der Waals surface area contributed by atoms with Gasteiger partial charge in [-0.05, 0) is 49.2 Å². The molecule has 2 aromatic carbocycles. The zero-order valence-electron chi connectivity index (χ0n) is 24.1. The first-order chi connectivity index (χ1) is 21.1. The van der Waals surface area contributed by atoms with Gasteiger partial charge < -0.3 is 15.7 Å². The van der Waals surface area contributed by atoms with Crippen LogP contribution >= 0.6 is 10.5 Å². The fourth-order valence-electron chi connectivity index (χ4n) is 4.21. The van der Waals surface area contributed by atoms with E-state index in [1.807, 2.05) is 6.92 Å². The number of amides is 1. The van der Waals surface area contributed by atoms with Crippen molar-refractivity contribution in [1.29, 1.82) is 0 Å². The van der Waals surface area contributed by atoms with Crippen LogP contribution in [0.15, 0.2) is 69.4 Å². The standard InChI is InChI=1S/C27H30N8O7S3/c1-3-43-24(25(37)38)16(2)32-27(43)35-26-33-19(13-23(36)31-15-18-6-10-21(11-7-18)45(29,41)42)12-22(34-26)30-14-17-4-8-20(9-5-17)44(28,39)40/h4-12H,3,13-15H2,1-2H3,(H7-,28,29,30,31,32,33,34,35,36,37,38,39,40,41,42)/p+1. The van der Waals surface area contributed by atoms with E-state index in [9.17, 15) is 31.5 Å². The lowest BCUT2D eigenvalue weighted by atomic mass is 10.2. The molecule has 2 heterocycles. The number of rotatable bonds is 12. The van der Waals surface area contributed by atoms with Crippen molar-refractivity contribution in [3.05, 3.63) is 86.8 Å². The largest absolute Gasteiger partial charge is 0.474 e. The summed E-state index contributed by atoms with van der Waals surface area (Å²) in [6.45, 7) is 3.86. The molecule has 4 aromatic rings. The van der Waals surface area contributed by atoms with Crippen LogP contribution in [0.4, 0.5) is 11.8 Å². The number of nitrogens with one attached hydrogen (secondary N) is 3. The average Bonchev–Trinajstić information content (AvgIpc) is 3.29. The van der Waals surface area contributed by atoms with Crippen molar-refractivity contribution in [3.63, 3.8) is 0 Å². The van der Waals surface area contributed by atoms with Crippen molar-refractivity contribution < 1.29 is 31.5 Å². The summed E-state index contributed by atoms with van der Waals surface area (Å²) in [4.78, 5) is 41.6. The topological polar surface area (TPSA) is 253 Å². The predicted molar refractivity (Wildman–Crippen MR) is 166 cm³/mol. The van der Waals surface area contributed by atoms with E-state index in [2.05, 4.69) is 30.6 Å². The van der Waals surface area contributed by atoms with Crippen LogP contribution in [-0.2, 0) is 50.1 Å². The molecule has 0 aliphatic heterocycles. The lowest BCUT2D eigenvalue weighted by Gasteiger charge is -2.10. The molecule has 0 fully saturated rings. The molecule has 45 heavy (non-hydrogen) atoms. The molecule has 0 saturated carbocycles. The molecule has 4 rings (SSSR count). The van der Waals surface area contributed by atoms with Crippen LogP contribution in [0.25, 0.3) is 0 Å². The van der Waals surface area contributed by atoms with Gasteiger partial charge in [-0.2, -0.15) is 4.98 Å². The van der Waals surface area contributed by atoms with Gasteiger partial charge in [-0.25, -0.2) is 36.9 Å². The zero-order chi connectivity index (χ0) is 32.9. The van der Waals surface area contributed by atoms with E-state index in [1.54, 1.807) is 25.1 Å². The minimum atomic E-state index is -3.84. The first-order valence-corrected chi connectivity index (χ1v) is 17.8. The van der Waals surface area contributed by atoms with E-state index in [0.717, 1.165) is 5.56 Å². The van der Waals surface area contributed by atoms with Gasteiger partial charge in [0, 0.05) is 29.6 Å². The molecule has 0 aliphatic rings. The molecule has 0 spiro atoms. The highest BCUT2D eigenvalue weighted by Crippen LogP contribution is 2.23. The molecule has 0 radical (unpaired) electrons. The number of carboxylic acids is 1. The lowest BCUT2D eigenvalue weighted by molar-refractivity contribution is -0.120. The molecule has 2 aromatic heterocycles. The number of nitrogens with zero attached hydrogens (tertiary/aromatic N) is 3. The van der Waals surface area contributed by atoms with Gasteiger partial charge in [0.2, 0.25) is 26.0 Å². The number of aryl methyl sites for hydroxylation is 1. The zero-order valence-corrected chi connectivity index (χ0v) is 26.6. The van der Waals surface area contributed by atoms with Crippen molar-refractivity contribution in [1.82, 2.24) is 20.3 Å². The number of aromatic amines is 1. The SMILES string of the molecule is CC[s+]1c(C(=O)O)c(C)[nH]c1=Nc1nc(CC(=O)NCc2ccc(S(N)(=O)=O)cc2)cc(NCc2ccc(S(N)(=O)=O)cc2)n1. The predicted octanol–water partition coefficient (Wildman–Crippen LogP) is 1.58. The van der Waals surface area contributed by atoms with Gasteiger partial charge in [0.05, 0.1) is 27.6 Å². The quantitative estimate of drug-likeness (QED) is 0.118. The van der Waals surface area contributed by atoms with Gasteiger partial charge in [-0.1, -0.05) is 24.3 Å². The minimum Gasteiger partial charge on any atom is -0.474 e. The molecule has 1 atom stereocenters. The third kappa shape index (κ3) is 8.79. The monoisotopic (exact) mass is 675 g/mol. The van der Waals surface area contributed by atoms with Crippen molar-refractivity contribution >= 4 is 54.2 Å². The van der Waals surface area contributed by atoms with E-state index in [4.69, 9.17) is 10.3 Å². The van der Waals surface area contributed by atoms with Crippen LogP contribution in [-0.4, -0.2) is 48.8 Å². The van der Waals surface area contributed by atoms with Crippen LogP contribution in [0.5, 0.6) is 0 Å². The second-order valence-corrected chi connectivity index (χ2v) is 15.0. The number of H-pyrrole nitrogens is 1. The molecule has 238 valence electrons. The second-order valence-electron chi connectivity index (χ2n) is 9.71. The first-order valence-electron chi connectivity index (χ1n) is 13.3. The fourth-order valence-corrected chi connectivity index (χ4v) is 7.10. The maximum absolute atomic E-state index is 12.8. The Morgan fingerprint density at radius 2 is 1.49 bits per heavy atom. The van der Waals surface area contributed by atoms with Gasteiger partial charge in [0.1, 0.15) is 11.6 Å². The molecule has 18 heteroatoms. The number of hydrogen-bond donors (Lipinski definition) is 6. The number of nitrogens with two attached hydrogens (primary N) is 2. The number of carbonyl (C=O) groups excluding carboxylic acids is 1. The third-order valence-electron chi connectivity index (χ3n) is 6.38. The van der Waals surface area contributed by atoms with E-state index in [1.165, 1.54) is 36.4 Å². The number of sulfonamides is 2. The Morgan fingerprint density at radius 3 is 2.00 bits per heavy atom. The summed E-state index contributed by atoms with van der Waals surface area (Å²) in [6, 6.07) is 13.3. The number of carbonyl (C=O) groups is 2. The highest BCUT2D eigenvalue weighted by atomic mass is 32.2. The van der Waals surface area contributed by atoms with E-state index < -0.39 is 36.5 Å². The molecule has 1 unspecified atom stereocenters. The number of carboxylic acid groups (broad SMARTS) is 1. The normalized spacial score (nSPS) is 12.6. The first kappa shape index (κ1) is 33.4. The molecular formula is C27H31N8O7S3+.